The Labute approximate surface area is 110 Å². The largest absolute Gasteiger partial charge is 0.314 e. The Morgan fingerprint density at radius 1 is 1.18 bits per heavy atom. The summed E-state index contributed by atoms with van der Waals surface area (Å²) in [6, 6.07) is 10.6. The quantitative estimate of drug-likeness (QED) is 0.593. The van der Waals surface area contributed by atoms with Crippen LogP contribution in [0.2, 0.25) is 0 Å². The first-order valence-corrected chi connectivity index (χ1v) is 7.07. The number of hydrogen-bond acceptors (Lipinski definition) is 3. The Morgan fingerprint density at radius 3 is 2.41 bits per heavy atom. The fourth-order valence-electron chi connectivity index (χ4n) is 1.31. The van der Waals surface area contributed by atoms with Gasteiger partial charge in [0.05, 0.1) is 0 Å². The van der Waals surface area contributed by atoms with E-state index in [-0.39, 0.29) is 5.54 Å². The van der Waals surface area contributed by atoms with E-state index in [0.717, 1.165) is 18.8 Å². The summed E-state index contributed by atoms with van der Waals surface area (Å²) in [5.74, 6) is 1.12. The lowest BCUT2D eigenvalue weighted by molar-refractivity contribution is 0.191. The van der Waals surface area contributed by atoms with E-state index in [0.29, 0.717) is 0 Å². The van der Waals surface area contributed by atoms with Crippen LogP contribution in [-0.2, 0) is 0 Å². The maximum Gasteiger partial charge on any atom is 0.0271 e. The summed E-state index contributed by atoms with van der Waals surface area (Å²) >= 11 is 1.90. The number of nitrogens with zero attached hydrogens (tertiary/aromatic N) is 1. The molecular weight excluding hydrogens is 228 g/mol. The molecule has 0 saturated heterocycles. The van der Waals surface area contributed by atoms with Crippen LogP contribution < -0.4 is 5.32 Å². The maximum atomic E-state index is 3.51. The number of nitrogens with one attached hydrogen (secondary N) is 1. The number of hydrogen-bond donors (Lipinski definition) is 1. The van der Waals surface area contributed by atoms with Crippen LogP contribution in [0.1, 0.15) is 13.8 Å². The predicted molar refractivity (Wildman–Crippen MR) is 77.8 cm³/mol. The van der Waals surface area contributed by atoms with Gasteiger partial charge in [-0.05, 0) is 40.1 Å². The summed E-state index contributed by atoms with van der Waals surface area (Å²) in [5.41, 5.74) is 0.220. The topological polar surface area (TPSA) is 15.3 Å². The van der Waals surface area contributed by atoms with Crippen LogP contribution in [0, 0.1) is 0 Å². The van der Waals surface area contributed by atoms with E-state index in [1.807, 2.05) is 11.8 Å². The Hall–Kier alpha value is -0.510. The van der Waals surface area contributed by atoms with Crippen molar-refractivity contribution in [2.24, 2.45) is 0 Å². The first-order valence-electron chi connectivity index (χ1n) is 6.08. The predicted octanol–water partition coefficient (Wildman–Crippen LogP) is 2.71. The Morgan fingerprint density at radius 2 is 1.82 bits per heavy atom. The molecule has 0 aromatic heterocycles. The lowest BCUT2D eigenvalue weighted by atomic mass is 10.0. The lowest BCUT2D eigenvalue weighted by Crippen LogP contribution is -2.47. The minimum atomic E-state index is 0.220. The van der Waals surface area contributed by atoms with Crippen LogP contribution in [0.5, 0.6) is 0 Å². The third kappa shape index (κ3) is 5.57. The number of rotatable bonds is 7. The van der Waals surface area contributed by atoms with E-state index < -0.39 is 0 Å². The van der Waals surface area contributed by atoms with Crippen molar-refractivity contribution >= 4 is 11.8 Å². The molecule has 0 heterocycles. The zero-order valence-corrected chi connectivity index (χ0v) is 12.2. The van der Waals surface area contributed by atoms with Crippen molar-refractivity contribution in [2.75, 3.05) is 32.9 Å². The van der Waals surface area contributed by atoms with Crippen LogP contribution in [-0.4, -0.2) is 43.4 Å². The van der Waals surface area contributed by atoms with Crippen molar-refractivity contribution < 1.29 is 0 Å². The van der Waals surface area contributed by atoms with Crippen LogP contribution in [0.15, 0.2) is 35.2 Å². The summed E-state index contributed by atoms with van der Waals surface area (Å²) in [5, 5.41) is 3.51. The van der Waals surface area contributed by atoms with E-state index in [4.69, 9.17) is 0 Å². The summed E-state index contributed by atoms with van der Waals surface area (Å²) in [6.07, 6.45) is 0. The van der Waals surface area contributed by atoms with Gasteiger partial charge in [-0.25, -0.2) is 0 Å². The number of benzene rings is 1. The van der Waals surface area contributed by atoms with Gasteiger partial charge >= 0.3 is 0 Å². The molecule has 0 amide bonds. The average molecular weight is 252 g/mol. The van der Waals surface area contributed by atoms with Crippen LogP contribution >= 0.6 is 11.8 Å². The second kappa shape index (κ2) is 7.04. The van der Waals surface area contributed by atoms with Gasteiger partial charge in [-0.1, -0.05) is 18.2 Å². The number of likely N-dealkylation sites (N-methyl/N-ethyl adjacent to an activating group) is 1. The van der Waals surface area contributed by atoms with Crippen molar-refractivity contribution in [3.05, 3.63) is 30.3 Å². The molecule has 0 aliphatic carbocycles. The maximum absolute atomic E-state index is 3.51. The van der Waals surface area contributed by atoms with Crippen molar-refractivity contribution in [3.8, 4) is 0 Å². The van der Waals surface area contributed by atoms with Gasteiger partial charge in [0, 0.05) is 29.3 Å². The summed E-state index contributed by atoms with van der Waals surface area (Å²) in [4.78, 5) is 3.60. The molecule has 1 aromatic carbocycles. The molecular formula is C14H24N2S. The smallest absolute Gasteiger partial charge is 0.0271 e. The van der Waals surface area contributed by atoms with Gasteiger partial charge < -0.3 is 10.2 Å². The van der Waals surface area contributed by atoms with Gasteiger partial charge in [-0.3, -0.25) is 0 Å². The SMILES string of the molecule is CN(C)C(C)(C)CNCCSc1ccccc1. The van der Waals surface area contributed by atoms with Gasteiger partial charge in [-0.2, -0.15) is 0 Å². The highest BCUT2D eigenvalue weighted by molar-refractivity contribution is 7.99. The molecule has 1 N–H and O–H groups in total. The van der Waals surface area contributed by atoms with Crippen molar-refractivity contribution in [1.29, 1.82) is 0 Å². The summed E-state index contributed by atoms with van der Waals surface area (Å²) < 4.78 is 0. The number of thioether (sulfide) groups is 1. The van der Waals surface area contributed by atoms with E-state index in [9.17, 15) is 0 Å². The molecule has 3 heteroatoms. The lowest BCUT2D eigenvalue weighted by Gasteiger charge is -2.32. The van der Waals surface area contributed by atoms with Gasteiger partial charge in [0.15, 0.2) is 0 Å². The molecule has 0 radical (unpaired) electrons. The van der Waals surface area contributed by atoms with Gasteiger partial charge in [0.1, 0.15) is 0 Å². The van der Waals surface area contributed by atoms with Gasteiger partial charge in [0.2, 0.25) is 0 Å². The summed E-state index contributed by atoms with van der Waals surface area (Å²) in [6.45, 7) is 6.58. The van der Waals surface area contributed by atoms with Crippen molar-refractivity contribution in [3.63, 3.8) is 0 Å². The van der Waals surface area contributed by atoms with E-state index >= 15 is 0 Å². The highest BCUT2D eigenvalue weighted by Crippen LogP contribution is 2.16. The highest BCUT2D eigenvalue weighted by Gasteiger charge is 2.18. The first kappa shape index (κ1) is 14.6. The fourth-order valence-corrected chi connectivity index (χ4v) is 2.14. The molecule has 17 heavy (non-hydrogen) atoms. The van der Waals surface area contributed by atoms with Crippen LogP contribution in [0.25, 0.3) is 0 Å². The molecule has 0 fully saturated rings. The van der Waals surface area contributed by atoms with E-state index in [1.165, 1.54) is 4.90 Å². The van der Waals surface area contributed by atoms with Crippen molar-refractivity contribution in [2.45, 2.75) is 24.3 Å². The minimum Gasteiger partial charge on any atom is -0.314 e. The molecule has 0 bridgehead atoms. The van der Waals surface area contributed by atoms with Crippen LogP contribution in [0.4, 0.5) is 0 Å². The third-order valence-electron chi connectivity index (χ3n) is 3.06. The monoisotopic (exact) mass is 252 g/mol. The zero-order valence-electron chi connectivity index (χ0n) is 11.4. The first-order chi connectivity index (χ1) is 8.02. The van der Waals surface area contributed by atoms with E-state index in [1.54, 1.807) is 0 Å². The molecule has 2 nitrogen and oxygen atoms in total. The summed E-state index contributed by atoms with van der Waals surface area (Å²) in [7, 11) is 4.25. The molecule has 0 unspecified atom stereocenters. The van der Waals surface area contributed by atoms with Gasteiger partial charge in [0.25, 0.3) is 0 Å². The Balaban J connectivity index is 2.13. The molecule has 0 atom stereocenters. The van der Waals surface area contributed by atoms with E-state index in [2.05, 4.69) is 68.5 Å². The standard InChI is InChI=1S/C14H24N2S/c1-14(2,16(3)4)12-15-10-11-17-13-8-6-5-7-9-13/h5-9,15H,10-12H2,1-4H3. The van der Waals surface area contributed by atoms with Gasteiger partial charge in [-0.15, -0.1) is 11.8 Å². The Kier molecular flexibility index (Phi) is 6.03. The average Bonchev–Trinajstić information content (AvgIpc) is 2.29. The minimum absolute atomic E-state index is 0.220. The third-order valence-corrected chi connectivity index (χ3v) is 4.07. The molecule has 0 aliphatic heterocycles. The zero-order chi connectivity index (χ0) is 12.7. The molecule has 0 spiro atoms. The van der Waals surface area contributed by atoms with Crippen LogP contribution in [0.3, 0.4) is 0 Å². The molecule has 0 saturated carbocycles. The molecule has 1 rings (SSSR count). The Bertz CT molecular complexity index is 309. The molecule has 0 aliphatic rings. The fraction of sp³-hybridized carbons (Fsp3) is 0.571. The van der Waals surface area contributed by atoms with Crippen molar-refractivity contribution in [1.82, 2.24) is 10.2 Å². The molecule has 96 valence electrons. The highest BCUT2D eigenvalue weighted by atomic mass is 32.2. The molecule has 1 aromatic rings. The second-order valence-corrected chi connectivity index (χ2v) is 6.21. The normalized spacial score (nSPS) is 12.1. The second-order valence-electron chi connectivity index (χ2n) is 5.05.